The van der Waals surface area contributed by atoms with E-state index in [0.29, 0.717) is 11.4 Å². The maximum Gasteiger partial charge on any atom is 0.359 e. The number of pyridine rings is 1. The molecule has 0 radical (unpaired) electrons. The monoisotopic (exact) mass is 354 g/mol. The van der Waals surface area contributed by atoms with Crippen molar-refractivity contribution in [1.82, 2.24) is 4.98 Å². The highest BCUT2D eigenvalue weighted by Gasteiger charge is 2.16. The molecule has 0 bridgehead atoms. The maximum absolute atomic E-state index is 11.9. The Morgan fingerprint density at radius 2 is 1.91 bits per heavy atom. The van der Waals surface area contributed by atoms with Gasteiger partial charge in [-0.2, -0.15) is 0 Å². The van der Waals surface area contributed by atoms with Crippen molar-refractivity contribution in [1.29, 1.82) is 0 Å². The SMILES string of the molecule is COc1ccccc1NC(=O)COC(=O)c1nc(Cl)ccc1Cl. The van der Waals surface area contributed by atoms with Crippen molar-refractivity contribution in [3.63, 3.8) is 0 Å². The first kappa shape index (κ1) is 17.1. The molecule has 0 spiro atoms. The summed E-state index contributed by atoms with van der Waals surface area (Å²) >= 11 is 11.5. The Morgan fingerprint density at radius 1 is 1.17 bits per heavy atom. The Labute approximate surface area is 142 Å². The fraction of sp³-hybridized carbons (Fsp3) is 0.133. The van der Waals surface area contributed by atoms with Crippen LogP contribution in [0.2, 0.25) is 10.2 Å². The van der Waals surface area contributed by atoms with Gasteiger partial charge < -0.3 is 14.8 Å². The van der Waals surface area contributed by atoms with E-state index in [1.165, 1.54) is 19.2 Å². The summed E-state index contributed by atoms with van der Waals surface area (Å²) in [5.74, 6) is -0.875. The normalized spacial score (nSPS) is 10.0. The second kappa shape index (κ2) is 7.80. The Morgan fingerprint density at radius 3 is 2.65 bits per heavy atom. The number of nitrogens with one attached hydrogen (secondary N) is 1. The second-order valence-electron chi connectivity index (χ2n) is 4.29. The van der Waals surface area contributed by atoms with Crippen LogP contribution in [0.3, 0.4) is 0 Å². The van der Waals surface area contributed by atoms with E-state index in [4.69, 9.17) is 32.7 Å². The van der Waals surface area contributed by atoms with E-state index in [1.54, 1.807) is 24.3 Å². The number of anilines is 1. The summed E-state index contributed by atoms with van der Waals surface area (Å²) in [5, 5.41) is 2.76. The van der Waals surface area contributed by atoms with Crippen molar-refractivity contribution in [3.8, 4) is 5.75 Å². The second-order valence-corrected chi connectivity index (χ2v) is 5.08. The molecule has 0 aliphatic carbocycles. The molecule has 1 aromatic heterocycles. The predicted molar refractivity (Wildman–Crippen MR) is 86.2 cm³/mol. The van der Waals surface area contributed by atoms with E-state index in [9.17, 15) is 9.59 Å². The highest BCUT2D eigenvalue weighted by atomic mass is 35.5. The molecule has 1 aromatic carbocycles. The molecule has 1 N–H and O–H groups in total. The molecule has 120 valence electrons. The van der Waals surface area contributed by atoms with E-state index in [0.717, 1.165) is 0 Å². The lowest BCUT2D eigenvalue weighted by molar-refractivity contribution is -0.119. The molecule has 0 saturated heterocycles. The number of benzene rings is 1. The number of carbonyl (C=O) groups is 2. The number of nitrogens with zero attached hydrogens (tertiary/aromatic N) is 1. The average molecular weight is 355 g/mol. The van der Waals surface area contributed by atoms with Crippen LogP contribution in [-0.2, 0) is 9.53 Å². The van der Waals surface area contributed by atoms with Gasteiger partial charge in [0.25, 0.3) is 5.91 Å². The summed E-state index contributed by atoms with van der Waals surface area (Å²) in [6.07, 6.45) is 0. The topological polar surface area (TPSA) is 77.5 Å². The minimum atomic E-state index is -0.840. The Hall–Kier alpha value is -2.31. The number of hydrogen-bond donors (Lipinski definition) is 1. The minimum Gasteiger partial charge on any atom is -0.495 e. The standard InChI is InChI=1S/C15H12Cl2N2O4/c1-22-11-5-3-2-4-10(11)18-13(20)8-23-15(21)14-9(16)6-7-12(17)19-14/h2-7H,8H2,1H3,(H,18,20). The number of rotatable bonds is 5. The van der Waals surface area contributed by atoms with Gasteiger partial charge in [-0.05, 0) is 24.3 Å². The quantitative estimate of drug-likeness (QED) is 0.658. The van der Waals surface area contributed by atoms with Gasteiger partial charge in [0.2, 0.25) is 0 Å². The van der Waals surface area contributed by atoms with Gasteiger partial charge in [0.1, 0.15) is 10.9 Å². The molecule has 0 fully saturated rings. The van der Waals surface area contributed by atoms with Crippen LogP contribution in [0.1, 0.15) is 10.5 Å². The largest absolute Gasteiger partial charge is 0.495 e. The summed E-state index contributed by atoms with van der Waals surface area (Å²) in [7, 11) is 1.48. The smallest absolute Gasteiger partial charge is 0.359 e. The fourth-order valence-corrected chi connectivity index (χ4v) is 2.03. The Bertz CT molecular complexity index is 737. The number of methoxy groups -OCH3 is 1. The van der Waals surface area contributed by atoms with Crippen molar-refractivity contribution in [2.45, 2.75) is 0 Å². The molecule has 1 heterocycles. The number of esters is 1. The highest BCUT2D eigenvalue weighted by Crippen LogP contribution is 2.23. The fourth-order valence-electron chi connectivity index (χ4n) is 1.70. The number of carbonyl (C=O) groups excluding carboxylic acids is 2. The first-order chi connectivity index (χ1) is 11.0. The third kappa shape index (κ3) is 4.58. The van der Waals surface area contributed by atoms with Crippen molar-refractivity contribution in [2.75, 3.05) is 19.0 Å². The van der Waals surface area contributed by atoms with Crippen molar-refractivity contribution >= 4 is 40.8 Å². The lowest BCUT2D eigenvalue weighted by atomic mass is 10.3. The van der Waals surface area contributed by atoms with E-state index >= 15 is 0 Å². The van der Waals surface area contributed by atoms with Gasteiger partial charge >= 0.3 is 5.97 Å². The molecule has 0 unspecified atom stereocenters. The van der Waals surface area contributed by atoms with Crippen molar-refractivity contribution < 1.29 is 19.1 Å². The van der Waals surface area contributed by atoms with Crippen LogP contribution in [0, 0.1) is 0 Å². The van der Waals surface area contributed by atoms with Gasteiger partial charge in [-0.15, -0.1) is 0 Å². The van der Waals surface area contributed by atoms with Gasteiger partial charge in [-0.1, -0.05) is 35.3 Å². The van der Waals surface area contributed by atoms with Crippen LogP contribution in [-0.4, -0.2) is 30.6 Å². The molecular formula is C15H12Cl2N2O4. The third-order valence-electron chi connectivity index (χ3n) is 2.72. The minimum absolute atomic E-state index is 0.0875. The van der Waals surface area contributed by atoms with E-state index in [2.05, 4.69) is 10.3 Å². The number of ether oxygens (including phenoxy) is 2. The summed E-state index contributed by atoms with van der Waals surface area (Å²) < 4.78 is 9.98. The van der Waals surface area contributed by atoms with Crippen LogP contribution < -0.4 is 10.1 Å². The first-order valence-electron chi connectivity index (χ1n) is 6.43. The zero-order chi connectivity index (χ0) is 16.8. The van der Waals surface area contributed by atoms with Crippen molar-refractivity contribution in [3.05, 3.63) is 52.3 Å². The molecule has 0 atom stereocenters. The number of hydrogen-bond acceptors (Lipinski definition) is 5. The van der Waals surface area contributed by atoms with Gasteiger partial charge in [-0.25, -0.2) is 9.78 Å². The molecule has 0 aliphatic heterocycles. The zero-order valence-electron chi connectivity index (χ0n) is 12.0. The average Bonchev–Trinajstić information content (AvgIpc) is 2.55. The predicted octanol–water partition coefficient (Wildman–Crippen LogP) is 3.19. The molecule has 2 aromatic rings. The molecule has 0 saturated carbocycles. The summed E-state index contributed by atoms with van der Waals surface area (Å²) in [6, 6.07) is 9.71. The third-order valence-corrected chi connectivity index (χ3v) is 3.24. The van der Waals surface area contributed by atoms with Crippen LogP contribution in [0.15, 0.2) is 36.4 Å². The molecule has 8 heteroatoms. The van der Waals surface area contributed by atoms with Crippen molar-refractivity contribution in [2.24, 2.45) is 0 Å². The first-order valence-corrected chi connectivity index (χ1v) is 7.19. The summed E-state index contributed by atoms with van der Waals surface area (Å²) in [5.41, 5.74) is 0.319. The van der Waals surface area contributed by atoms with Crippen LogP contribution >= 0.6 is 23.2 Å². The summed E-state index contributed by atoms with van der Waals surface area (Å²) in [4.78, 5) is 27.5. The zero-order valence-corrected chi connectivity index (χ0v) is 13.5. The Kier molecular flexibility index (Phi) is 5.78. The molecular weight excluding hydrogens is 343 g/mol. The van der Waals surface area contributed by atoms with E-state index in [-0.39, 0.29) is 15.9 Å². The van der Waals surface area contributed by atoms with Gasteiger partial charge in [0.15, 0.2) is 12.3 Å². The maximum atomic E-state index is 11.9. The molecule has 1 amide bonds. The molecule has 2 rings (SSSR count). The van der Waals surface area contributed by atoms with Crippen LogP contribution in [0.4, 0.5) is 5.69 Å². The lowest BCUT2D eigenvalue weighted by Crippen LogP contribution is -2.21. The Balaban J connectivity index is 1.96. The van der Waals surface area contributed by atoms with Gasteiger partial charge in [-0.3, -0.25) is 4.79 Å². The van der Waals surface area contributed by atoms with Gasteiger partial charge in [0, 0.05) is 0 Å². The number of aromatic nitrogens is 1. The molecule has 0 aliphatic rings. The van der Waals surface area contributed by atoms with E-state index in [1.807, 2.05) is 0 Å². The number of para-hydroxylation sites is 2. The summed E-state index contributed by atoms with van der Waals surface area (Å²) in [6.45, 7) is -0.499. The lowest BCUT2D eigenvalue weighted by Gasteiger charge is -2.10. The molecule has 23 heavy (non-hydrogen) atoms. The van der Waals surface area contributed by atoms with Gasteiger partial charge in [0.05, 0.1) is 17.8 Å². The number of halogens is 2. The molecule has 6 nitrogen and oxygen atoms in total. The number of amides is 1. The van der Waals surface area contributed by atoms with Crippen LogP contribution in [0.25, 0.3) is 0 Å². The highest BCUT2D eigenvalue weighted by molar-refractivity contribution is 6.34. The van der Waals surface area contributed by atoms with E-state index < -0.39 is 18.5 Å². The van der Waals surface area contributed by atoms with Crippen LogP contribution in [0.5, 0.6) is 5.75 Å².